The number of rotatable bonds is 3. The molecule has 0 saturated heterocycles. The number of hydrogen-bond acceptors (Lipinski definition) is 3. The van der Waals surface area contributed by atoms with Crippen molar-refractivity contribution >= 4 is 5.91 Å². The van der Waals surface area contributed by atoms with Crippen LogP contribution in [0, 0.1) is 20.8 Å². The Bertz CT molecular complexity index is 670. The summed E-state index contributed by atoms with van der Waals surface area (Å²) in [5, 5.41) is 7.43. The molecule has 0 spiro atoms. The lowest BCUT2D eigenvalue weighted by Crippen LogP contribution is -2.42. The van der Waals surface area contributed by atoms with Gasteiger partial charge in [-0.25, -0.2) is 4.98 Å². The molecule has 6 heteroatoms. The fourth-order valence-corrected chi connectivity index (χ4v) is 2.95. The summed E-state index contributed by atoms with van der Waals surface area (Å²) in [4.78, 5) is 16.6. The number of imidazole rings is 1. The van der Waals surface area contributed by atoms with Gasteiger partial charge in [-0.3, -0.25) is 9.48 Å². The largest absolute Gasteiger partial charge is 0.350 e. The summed E-state index contributed by atoms with van der Waals surface area (Å²) in [5.74, 6) is 1.14. The zero-order valence-electron chi connectivity index (χ0n) is 12.8. The summed E-state index contributed by atoms with van der Waals surface area (Å²) in [5.41, 5.74) is 3.00. The molecule has 112 valence electrons. The monoisotopic (exact) mass is 287 g/mol. The van der Waals surface area contributed by atoms with Crippen molar-refractivity contribution in [1.82, 2.24) is 24.6 Å². The normalized spacial score (nSPS) is 17.6. The highest BCUT2D eigenvalue weighted by Gasteiger charge is 2.21. The van der Waals surface area contributed by atoms with Gasteiger partial charge in [0.25, 0.3) is 0 Å². The number of carbonyl (C=O) groups is 1. The van der Waals surface area contributed by atoms with E-state index in [9.17, 15) is 4.79 Å². The van der Waals surface area contributed by atoms with Crippen molar-refractivity contribution in [2.45, 2.75) is 52.7 Å². The van der Waals surface area contributed by atoms with E-state index in [1.807, 2.05) is 26.8 Å². The maximum atomic E-state index is 12.2. The zero-order valence-corrected chi connectivity index (χ0v) is 12.8. The second-order valence-electron chi connectivity index (χ2n) is 5.84. The van der Waals surface area contributed by atoms with Crippen LogP contribution in [0.5, 0.6) is 0 Å². The Balaban J connectivity index is 1.60. The average Bonchev–Trinajstić information content (AvgIpc) is 2.90. The Hall–Kier alpha value is -2.11. The minimum Gasteiger partial charge on any atom is -0.350 e. The first-order chi connectivity index (χ1) is 10.0. The highest BCUT2D eigenvalue weighted by molar-refractivity contribution is 5.76. The van der Waals surface area contributed by atoms with Gasteiger partial charge in [0.05, 0.1) is 11.4 Å². The van der Waals surface area contributed by atoms with Crippen LogP contribution in [0.2, 0.25) is 0 Å². The number of aromatic nitrogens is 4. The topological polar surface area (TPSA) is 64.7 Å². The van der Waals surface area contributed by atoms with Crippen LogP contribution in [0.1, 0.15) is 29.3 Å². The van der Waals surface area contributed by atoms with Crippen molar-refractivity contribution in [2.75, 3.05) is 0 Å². The summed E-state index contributed by atoms with van der Waals surface area (Å²) in [6, 6.07) is 2.16. The number of carbonyl (C=O) groups excluding carboxylic acids is 1. The molecule has 0 unspecified atom stereocenters. The van der Waals surface area contributed by atoms with Crippen molar-refractivity contribution in [3.8, 4) is 0 Å². The first kappa shape index (κ1) is 13.9. The van der Waals surface area contributed by atoms with Crippen molar-refractivity contribution in [2.24, 2.45) is 0 Å². The van der Waals surface area contributed by atoms with E-state index in [-0.39, 0.29) is 18.5 Å². The number of nitrogens with one attached hydrogen (secondary N) is 1. The standard InChI is InChI=1S/C15H21N5O/c1-10-6-12(3)20(18-10)9-15(21)17-13-4-5-14-16-11(2)7-19(14)8-13/h6-7,13H,4-5,8-9H2,1-3H3,(H,17,21)/t13-/m1/s1. The molecule has 2 aromatic heterocycles. The molecule has 0 saturated carbocycles. The molecule has 0 aliphatic carbocycles. The number of fused-ring (bicyclic) bond motifs is 1. The predicted octanol–water partition coefficient (Wildman–Crippen LogP) is 1.14. The molecule has 6 nitrogen and oxygen atoms in total. The number of aryl methyl sites for hydroxylation is 4. The molecule has 1 aliphatic rings. The van der Waals surface area contributed by atoms with Gasteiger partial charge in [0.15, 0.2) is 0 Å². The van der Waals surface area contributed by atoms with Gasteiger partial charge in [0, 0.05) is 30.9 Å². The van der Waals surface area contributed by atoms with Crippen LogP contribution in [-0.2, 0) is 24.3 Å². The van der Waals surface area contributed by atoms with Gasteiger partial charge >= 0.3 is 0 Å². The predicted molar refractivity (Wildman–Crippen MR) is 78.9 cm³/mol. The molecule has 1 atom stereocenters. The van der Waals surface area contributed by atoms with Crippen LogP contribution in [-0.4, -0.2) is 31.3 Å². The smallest absolute Gasteiger partial charge is 0.242 e. The maximum absolute atomic E-state index is 12.2. The Morgan fingerprint density at radius 3 is 2.90 bits per heavy atom. The summed E-state index contributed by atoms with van der Waals surface area (Å²) >= 11 is 0. The van der Waals surface area contributed by atoms with E-state index in [2.05, 4.69) is 26.2 Å². The molecule has 1 amide bonds. The molecule has 0 fully saturated rings. The Kier molecular flexibility index (Phi) is 3.53. The van der Waals surface area contributed by atoms with Gasteiger partial charge in [-0.1, -0.05) is 0 Å². The van der Waals surface area contributed by atoms with Crippen molar-refractivity contribution in [3.63, 3.8) is 0 Å². The Morgan fingerprint density at radius 1 is 1.38 bits per heavy atom. The van der Waals surface area contributed by atoms with E-state index in [4.69, 9.17) is 0 Å². The summed E-state index contributed by atoms with van der Waals surface area (Å²) in [7, 11) is 0. The van der Waals surface area contributed by atoms with Crippen LogP contribution >= 0.6 is 0 Å². The molecule has 3 heterocycles. The molecule has 1 N–H and O–H groups in total. The van der Waals surface area contributed by atoms with E-state index >= 15 is 0 Å². The molecular weight excluding hydrogens is 266 g/mol. The minimum atomic E-state index is 0.0199. The van der Waals surface area contributed by atoms with Gasteiger partial charge in [-0.2, -0.15) is 5.10 Å². The Labute approximate surface area is 124 Å². The molecule has 1 aliphatic heterocycles. The van der Waals surface area contributed by atoms with Gasteiger partial charge in [-0.05, 0) is 33.3 Å². The molecule has 3 rings (SSSR count). The third-order valence-corrected chi connectivity index (χ3v) is 3.87. The third kappa shape index (κ3) is 2.99. The lowest BCUT2D eigenvalue weighted by molar-refractivity contribution is -0.122. The van der Waals surface area contributed by atoms with Crippen LogP contribution < -0.4 is 5.32 Å². The van der Waals surface area contributed by atoms with Crippen LogP contribution in [0.25, 0.3) is 0 Å². The van der Waals surface area contributed by atoms with Gasteiger partial charge in [0.1, 0.15) is 12.4 Å². The minimum absolute atomic E-state index is 0.0199. The van der Waals surface area contributed by atoms with Crippen LogP contribution in [0.4, 0.5) is 0 Å². The maximum Gasteiger partial charge on any atom is 0.242 e. The zero-order chi connectivity index (χ0) is 15.0. The molecule has 0 radical (unpaired) electrons. The van der Waals surface area contributed by atoms with Crippen LogP contribution in [0.3, 0.4) is 0 Å². The van der Waals surface area contributed by atoms with Gasteiger partial charge in [-0.15, -0.1) is 0 Å². The van der Waals surface area contributed by atoms with E-state index in [1.165, 1.54) is 0 Å². The SMILES string of the molecule is Cc1cn2c(n1)CC[C@@H](NC(=O)Cn1nc(C)cc1C)C2. The number of nitrogens with zero attached hydrogens (tertiary/aromatic N) is 4. The summed E-state index contributed by atoms with van der Waals surface area (Å²) in [6.45, 7) is 6.99. The Morgan fingerprint density at radius 2 is 2.19 bits per heavy atom. The number of amides is 1. The fraction of sp³-hybridized carbons (Fsp3) is 0.533. The van der Waals surface area contributed by atoms with Crippen molar-refractivity contribution in [1.29, 1.82) is 0 Å². The van der Waals surface area contributed by atoms with Gasteiger partial charge < -0.3 is 9.88 Å². The number of hydrogen-bond donors (Lipinski definition) is 1. The lowest BCUT2D eigenvalue weighted by Gasteiger charge is -2.24. The van der Waals surface area contributed by atoms with Crippen molar-refractivity contribution in [3.05, 3.63) is 35.2 Å². The fourth-order valence-electron chi connectivity index (χ4n) is 2.95. The van der Waals surface area contributed by atoms with Gasteiger partial charge in [0.2, 0.25) is 5.91 Å². The van der Waals surface area contributed by atoms with Crippen molar-refractivity contribution < 1.29 is 4.79 Å². The van der Waals surface area contributed by atoms with E-state index < -0.39 is 0 Å². The lowest BCUT2D eigenvalue weighted by atomic mass is 10.1. The molecule has 0 aromatic carbocycles. The highest BCUT2D eigenvalue weighted by Crippen LogP contribution is 2.15. The molecule has 21 heavy (non-hydrogen) atoms. The molecular formula is C15H21N5O. The van der Waals surface area contributed by atoms with E-state index in [0.717, 1.165) is 42.3 Å². The average molecular weight is 287 g/mol. The first-order valence-corrected chi connectivity index (χ1v) is 7.34. The summed E-state index contributed by atoms with van der Waals surface area (Å²) < 4.78 is 3.90. The third-order valence-electron chi connectivity index (χ3n) is 3.87. The molecule has 0 bridgehead atoms. The van der Waals surface area contributed by atoms with E-state index in [0.29, 0.717) is 0 Å². The first-order valence-electron chi connectivity index (χ1n) is 7.34. The second kappa shape index (κ2) is 5.35. The second-order valence-corrected chi connectivity index (χ2v) is 5.84. The quantitative estimate of drug-likeness (QED) is 0.920. The van der Waals surface area contributed by atoms with E-state index in [1.54, 1.807) is 4.68 Å². The van der Waals surface area contributed by atoms with Crippen LogP contribution in [0.15, 0.2) is 12.3 Å². The summed E-state index contributed by atoms with van der Waals surface area (Å²) in [6.07, 6.45) is 3.91. The molecule has 2 aromatic rings. The highest BCUT2D eigenvalue weighted by atomic mass is 16.2.